The molecular formula is C19H29NO2. The van der Waals surface area contributed by atoms with Crippen molar-refractivity contribution in [2.45, 2.75) is 65.2 Å². The standard InChI is InChI=1S/C19H29NO2/c1-18(2,3)14-11-13(17(22)20-9-7-8-10-20)12-15(16(14)21)19(4,5)6/h11-12,21H,7-10H2,1-6H3. The number of aromatic hydroxyl groups is 1. The number of phenols is 1. The van der Waals surface area contributed by atoms with Crippen LogP contribution in [0.1, 0.15) is 75.9 Å². The summed E-state index contributed by atoms with van der Waals surface area (Å²) in [5, 5.41) is 10.7. The molecule has 0 aromatic heterocycles. The molecule has 1 aromatic rings. The van der Waals surface area contributed by atoms with Crippen molar-refractivity contribution >= 4 is 5.91 Å². The van der Waals surface area contributed by atoms with Crippen LogP contribution in [-0.4, -0.2) is 29.0 Å². The molecule has 1 aliphatic rings. The largest absolute Gasteiger partial charge is 0.507 e. The summed E-state index contributed by atoms with van der Waals surface area (Å²) in [7, 11) is 0. The molecule has 1 aliphatic heterocycles. The summed E-state index contributed by atoms with van der Waals surface area (Å²) in [6.07, 6.45) is 2.17. The molecule has 0 unspecified atom stereocenters. The molecule has 122 valence electrons. The highest BCUT2D eigenvalue weighted by molar-refractivity contribution is 5.95. The van der Waals surface area contributed by atoms with E-state index in [9.17, 15) is 9.90 Å². The molecule has 3 nitrogen and oxygen atoms in total. The van der Waals surface area contributed by atoms with Gasteiger partial charge < -0.3 is 10.0 Å². The lowest BCUT2D eigenvalue weighted by Gasteiger charge is -2.28. The van der Waals surface area contributed by atoms with Crippen LogP contribution < -0.4 is 0 Å². The predicted molar refractivity (Wildman–Crippen MR) is 90.6 cm³/mol. The van der Waals surface area contributed by atoms with Crippen LogP contribution >= 0.6 is 0 Å². The number of amides is 1. The summed E-state index contributed by atoms with van der Waals surface area (Å²) < 4.78 is 0. The minimum Gasteiger partial charge on any atom is -0.507 e. The van der Waals surface area contributed by atoms with Crippen molar-refractivity contribution in [2.24, 2.45) is 0 Å². The van der Waals surface area contributed by atoms with Gasteiger partial charge in [0.25, 0.3) is 5.91 Å². The lowest BCUT2D eigenvalue weighted by atomic mass is 9.78. The smallest absolute Gasteiger partial charge is 0.253 e. The maximum Gasteiger partial charge on any atom is 0.253 e. The molecule has 0 saturated carbocycles. The zero-order valence-corrected chi connectivity index (χ0v) is 14.8. The molecule has 0 radical (unpaired) electrons. The molecule has 22 heavy (non-hydrogen) atoms. The van der Waals surface area contributed by atoms with Crippen LogP contribution in [0.5, 0.6) is 5.75 Å². The van der Waals surface area contributed by atoms with E-state index < -0.39 is 0 Å². The Morgan fingerprint density at radius 2 is 1.36 bits per heavy atom. The Balaban J connectivity index is 2.57. The third-order valence-corrected chi connectivity index (χ3v) is 4.37. The van der Waals surface area contributed by atoms with Crippen LogP contribution in [0.25, 0.3) is 0 Å². The number of carbonyl (C=O) groups is 1. The maximum atomic E-state index is 12.8. The van der Waals surface area contributed by atoms with Crippen LogP contribution in [0, 0.1) is 0 Å². The average molecular weight is 303 g/mol. The average Bonchev–Trinajstić information content (AvgIpc) is 2.89. The molecule has 1 amide bonds. The van der Waals surface area contributed by atoms with E-state index >= 15 is 0 Å². The van der Waals surface area contributed by atoms with Crippen LogP contribution in [0.4, 0.5) is 0 Å². The summed E-state index contributed by atoms with van der Waals surface area (Å²) >= 11 is 0. The Labute approximate surface area is 134 Å². The van der Waals surface area contributed by atoms with E-state index in [1.54, 1.807) is 0 Å². The van der Waals surface area contributed by atoms with Crippen molar-refractivity contribution in [1.29, 1.82) is 0 Å². The number of rotatable bonds is 1. The van der Waals surface area contributed by atoms with E-state index in [4.69, 9.17) is 0 Å². The van der Waals surface area contributed by atoms with E-state index in [0.29, 0.717) is 11.3 Å². The van der Waals surface area contributed by atoms with Gasteiger partial charge in [-0.2, -0.15) is 0 Å². The molecule has 0 aliphatic carbocycles. The molecule has 1 heterocycles. The van der Waals surface area contributed by atoms with Gasteiger partial charge in [-0.25, -0.2) is 0 Å². The van der Waals surface area contributed by atoms with E-state index in [-0.39, 0.29) is 16.7 Å². The number of hydrogen-bond donors (Lipinski definition) is 1. The highest BCUT2D eigenvalue weighted by Gasteiger charge is 2.29. The molecule has 2 rings (SSSR count). The maximum absolute atomic E-state index is 12.8. The number of benzene rings is 1. The van der Waals surface area contributed by atoms with Gasteiger partial charge in [0, 0.05) is 29.8 Å². The summed E-state index contributed by atoms with van der Waals surface area (Å²) in [4.78, 5) is 14.7. The lowest BCUT2D eigenvalue weighted by molar-refractivity contribution is 0.0792. The van der Waals surface area contributed by atoms with Gasteiger partial charge in [0.2, 0.25) is 0 Å². The normalized spacial score (nSPS) is 16.2. The summed E-state index contributed by atoms with van der Waals surface area (Å²) in [6, 6.07) is 3.76. The Hall–Kier alpha value is -1.51. The van der Waals surface area contributed by atoms with Crippen molar-refractivity contribution in [3.05, 3.63) is 28.8 Å². The van der Waals surface area contributed by atoms with Gasteiger partial charge in [0.1, 0.15) is 5.75 Å². The molecule has 0 spiro atoms. The third-order valence-electron chi connectivity index (χ3n) is 4.37. The quantitative estimate of drug-likeness (QED) is 0.843. The Morgan fingerprint density at radius 3 is 1.73 bits per heavy atom. The first kappa shape index (κ1) is 16.9. The minimum absolute atomic E-state index is 0.0912. The fourth-order valence-electron chi connectivity index (χ4n) is 3.00. The fourth-order valence-corrected chi connectivity index (χ4v) is 3.00. The zero-order valence-electron chi connectivity index (χ0n) is 14.8. The van der Waals surface area contributed by atoms with Crippen molar-refractivity contribution in [3.8, 4) is 5.75 Å². The highest BCUT2D eigenvalue weighted by atomic mass is 16.3. The van der Waals surface area contributed by atoms with Crippen LogP contribution in [0.2, 0.25) is 0 Å². The second-order valence-electron chi connectivity index (χ2n) is 8.42. The molecule has 1 aromatic carbocycles. The van der Waals surface area contributed by atoms with Gasteiger partial charge in [-0.1, -0.05) is 41.5 Å². The zero-order chi connectivity index (χ0) is 16.7. The summed E-state index contributed by atoms with van der Waals surface area (Å²) in [5.41, 5.74) is 2.00. The number of likely N-dealkylation sites (tertiary alicyclic amines) is 1. The first-order valence-corrected chi connectivity index (χ1v) is 8.19. The second kappa shape index (κ2) is 5.60. The molecule has 1 N–H and O–H groups in total. The predicted octanol–water partition coefficient (Wildman–Crippen LogP) is 4.22. The van der Waals surface area contributed by atoms with E-state index in [2.05, 4.69) is 41.5 Å². The van der Waals surface area contributed by atoms with Crippen LogP contribution in [0.15, 0.2) is 12.1 Å². The lowest BCUT2D eigenvalue weighted by Crippen LogP contribution is -2.29. The summed E-state index contributed by atoms with van der Waals surface area (Å²) in [6.45, 7) is 14.1. The molecule has 0 bridgehead atoms. The van der Waals surface area contributed by atoms with E-state index in [1.165, 1.54) is 0 Å². The number of nitrogens with zero attached hydrogens (tertiary/aromatic N) is 1. The van der Waals surface area contributed by atoms with E-state index in [1.807, 2.05) is 17.0 Å². The number of phenolic OH excluding ortho intramolecular Hbond substituents is 1. The SMILES string of the molecule is CC(C)(C)c1cc(C(=O)N2CCCC2)cc(C(C)(C)C)c1O. The Bertz CT molecular complexity index is 535. The third kappa shape index (κ3) is 3.29. The fraction of sp³-hybridized carbons (Fsp3) is 0.632. The highest BCUT2D eigenvalue weighted by Crippen LogP contribution is 2.40. The molecule has 1 saturated heterocycles. The molecule has 0 atom stereocenters. The van der Waals surface area contributed by atoms with Crippen LogP contribution in [0.3, 0.4) is 0 Å². The number of hydrogen-bond acceptors (Lipinski definition) is 2. The van der Waals surface area contributed by atoms with Gasteiger partial charge in [-0.3, -0.25) is 4.79 Å². The summed E-state index contributed by atoms with van der Waals surface area (Å²) in [5.74, 6) is 0.423. The van der Waals surface area contributed by atoms with Gasteiger partial charge in [0.05, 0.1) is 0 Å². The minimum atomic E-state index is -0.203. The van der Waals surface area contributed by atoms with E-state index in [0.717, 1.165) is 37.1 Å². The van der Waals surface area contributed by atoms with Gasteiger partial charge in [0.15, 0.2) is 0 Å². The first-order chi connectivity index (χ1) is 10.0. The topological polar surface area (TPSA) is 40.5 Å². The van der Waals surface area contributed by atoms with Crippen molar-refractivity contribution < 1.29 is 9.90 Å². The van der Waals surface area contributed by atoms with Crippen LogP contribution in [-0.2, 0) is 10.8 Å². The molecule has 3 heteroatoms. The van der Waals surface area contributed by atoms with Gasteiger partial charge >= 0.3 is 0 Å². The van der Waals surface area contributed by atoms with Crippen molar-refractivity contribution in [1.82, 2.24) is 4.90 Å². The first-order valence-electron chi connectivity index (χ1n) is 8.19. The monoisotopic (exact) mass is 303 g/mol. The van der Waals surface area contributed by atoms with Gasteiger partial charge in [-0.05, 0) is 35.8 Å². The molecule has 1 fully saturated rings. The van der Waals surface area contributed by atoms with Crippen molar-refractivity contribution in [2.75, 3.05) is 13.1 Å². The van der Waals surface area contributed by atoms with Gasteiger partial charge in [-0.15, -0.1) is 0 Å². The second-order valence-corrected chi connectivity index (χ2v) is 8.42. The number of carbonyl (C=O) groups excluding carboxylic acids is 1. The molecular weight excluding hydrogens is 274 g/mol. The Morgan fingerprint density at radius 1 is 0.955 bits per heavy atom. The van der Waals surface area contributed by atoms with Crippen molar-refractivity contribution in [3.63, 3.8) is 0 Å². The Kier molecular flexibility index (Phi) is 4.29.